The van der Waals surface area contributed by atoms with E-state index in [1.54, 1.807) is 0 Å². The third-order valence-electron chi connectivity index (χ3n) is 4.36. The lowest BCUT2D eigenvalue weighted by molar-refractivity contribution is -0.122. The van der Waals surface area contributed by atoms with E-state index in [9.17, 15) is 4.79 Å². The van der Waals surface area contributed by atoms with Gasteiger partial charge in [-0.2, -0.15) is 0 Å². The summed E-state index contributed by atoms with van der Waals surface area (Å²) in [4.78, 5) is 12.0. The molecule has 0 aromatic heterocycles. The van der Waals surface area contributed by atoms with Crippen molar-refractivity contribution in [3.05, 3.63) is 0 Å². The molecule has 1 unspecified atom stereocenters. The van der Waals surface area contributed by atoms with E-state index < -0.39 is 0 Å². The monoisotopic (exact) mass is 269 g/mol. The molecule has 0 radical (unpaired) electrons. The van der Waals surface area contributed by atoms with Crippen molar-refractivity contribution in [2.45, 2.75) is 70.9 Å². The van der Waals surface area contributed by atoms with Gasteiger partial charge >= 0.3 is 0 Å². The second kappa shape index (κ2) is 8.54. The summed E-state index contributed by atoms with van der Waals surface area (Å²) in [6.45, 7) is 5.13. The summed E-state index contributed by atoms with van der Waals surface area (Å²) in [7, 11) is 0. The number of nitrogens with one attached hydrogen (secondary N) is 1. The minimum absolute atomic E-state index is 0.197. The molecule has 0 aromatic rings. The summed E-state index contributed by atoms with van der Waals surface area (Å²) >= 11 is 0. The van der Waals surface area contributed by atoms with E-state index in [1.807, 2.05) is 0 Å². The first kappa shape index (κ1) is 16.4. The molecule has 112 valence electrons. The molecule has 0 aromatic carbocycles. The molecule has 4 nitrogen and oxygen atoms in total. The lowest BCUT2D eigenvalue weighted by atomic mass is 9.88. The van der Waals surface area contributed by atoms with Crippen LogP contribution in [0.4, 0.5) is 0 Å². The molecule has 1 fully saturated rings. The Bertz CT molecular complexity index is 260. The van der Waals surface area contributed by atoms with Crippen LogP contribution in [0.1, 0.15) is 58.8 Å². The summed E-state index contributed by atoms with van der Waals surface area (Å²) in [6, 6.07) is 0.683. The molecule has 1 aliphatic rings. The molecule has 4 heteroatoms. The topological polar surface area (TPSA) is 81.1 Å². The number of carbonyl (C=O) groups is 1. The summed E-state index contributed by atoms with van der Waals surface area (Å²) in [6.07, 6.45) is 6.73. The van der Waals surface area contributed by atoms with Gasteiger partial charge in [-0.1, -0.05) is 13.8 Å². The summed E-state index contributed by atoms with van der Waals surface area (Å²) in [5, 5.41) is 3.15. The van der Waals surface area contributed by atoms with Crippen LogP contribution in [0.25, 0.3) is 0 Å². The molecule has 0 aliphatic heterocycles. The van der Waals surface area contributed by atoms with E-state index in [-0.39, 0.29) is 5.91 Å². The molecule has 1 rings (SSSR count). The number of amides is 1. The van der Waals surface area contributed by atoms with E-state index in [0.717, 1.165) is 38.5 Å². The Morgan fingerprint density at radius 3 is 2.37 bits per heavy atom. The van der Waals surface area contributed by atoms with Crippen LogP contribution in [0.15, 0.2) is 0 Å². The highest BCUT2D eigenvalue weighted by Crippen LogP contribution is 2.21. The molecule has 1 aliphatic carbocycles. The Morgan fingerprint density at radius 1 is 1.21 bits per heavy atom. The SMILES string of the molecule is CC(C)C(CCN)CCC(=O)NC1CCC(N)CC1. The van der Waals surface area contributed by atoms with Crippen LogP contribution in [0.3, 0.4) is 0 Å². The Hall–Kier alpha value is -0.610. The minimum Gasteiger partial charge on any atom is -0.353 e. The number of nitrogens with two attached hydrogens (primary N) is 2. The van der Waals surface area contributed by atoms with E-state index >= 15 is 0 Å². The third-order valence-corrected chi connectivity index (χ3v) is 4.36. The molecular formula is C15H31N3O. The average Bonchev–Trinajstić information content (AvgIpc) is 2.37. The summed E-state index contributed by atoms with van der Waals surface area (Å²) in [5.74, 6) is 1.36. The largest absolute Gasteiger partial charge is 0.353 e. The van der Waals surface area contributed by atoms with Gasteiger partial charge in [0.2, 0.25) is 5.91 Å². The second-order valence-electron chi connectivity index (χ2n) is 6.30. The summed E-state index contributed by atoms with van der Waals surface area (Å²) in [5.41, 5.74) is 11.5. The van der Waals surface area contributed by atoms with Crippen LogP contribution in [-0.2, 0) is 4.79 Å². The van der Waals surface area contributed by atoms with Gasteiger partial charge in [0.25, 0.3) is 0 Å². The van der Waals surface area contributed by atoms with Crippen LogP contribution in [-0.4, -0.2) is 24.5 Å². The third kappa shape index (κ3) is 6.39. The zero-order chi connectivity index (χ0) is 14.3. The maximum atomic E-state index is 12.0. The molecule has 1 saturated carbocycles. The van der Waals surface area contributed by atoms with E-state index in [4.69, 9.17) is 11.5 Å². The average molecular weight is 269 g/mol. The zero-order valence-electron chi connectivity index (χ0n) is 12.5. The van der Waals surface area contributed by atoms with Crippen molar-refractivity contribution in [3.63, 3.8) is 0 Å². The van der Waals surface area contributed by atoms with Gasteiger partial charge in [0.1, 0.15) is 0 Å². The van der Waals surface area contributed by atoms with Crippen molar-refractivity contribution in [1.82, 2.24) is 5.32 Å². The lowest BCUT2D eigenvalue weighted by Crippen LogP contribution is -2.40. The quantitative estimate of drug-likeness (QED) is 0.659. The second-order valence-corrected chi connectivity index (χ2v) is 6.30. The smallest absolute Gasteiger partial charge is 0.220 e. The van der Waals surface area contributed by atoms with E-state index in [1.165, 1.54) is 0 Å². The van der Waals surface area contributed by atoms with Gasteiger partial charge in [0, 0.05) is 18.5 Å². The Labute approximate surface area is 117 Å². The fourth-order valence-electron chi connectivity index (χ4n) is 2.90. The molecule has 0 heterocycles. The van der Waals surface area contributed by atoms with Crippen molar-refractivity contribution in [2.75, 3.05) is 6.54 Å². The fraction of sp³-hybridized carbons (Fsp3) is 0.933. The van der Waals surface area contributed by atoms with Gasteiger partial charge in [-0.05, 0) is 56.9 Å². The fourth-order valence-corrected chi connectivity index (χ4v) is 2.90. The highest BCUT2D eigenvalue weighted by molar-refractivity contribution is 5.76. The highest BCUT2D eigenvalue weighted by atomic mass is 16.1. The molecule has 0 spiro atoms. The molecule has 5 N–H and O–H groups in total. The van der Waals surface area contributed by atoms with Crippen molar-refractivity contribution in [1.29, 1.82) is 0 Å². The van der Waals surface area contributed by atoms with Crippen molar-refractivity contribution in [2.24, 2.45) is 23.3 Å². The molecule has 1 atom stereocenters. The Kier molecular flexibility index (Phi) is 7.39. The first-order chi connectivity index (χ1) is 9.02. The molecule has 0 bridgehead atoms. The van der Waals surface area contributed by atoms with Crippen LogP contribution < -0.4 is 16.8 Å². The van der Waals surface area contributed by atoms with Crippen LogP contribution in [0, 0.1) is 11.8 Å². The number of rotatable bonds is 7. The molecular weight excluding hydrogens is 238 g/mol. The lowest BCUT2D eigenvalue weighted by Gasteiger charge is -2.27. The van der Waals surface area contributed by atoms with Crippen LogP contribution in [0.2, 0.25) is 0 Å². The molecule has 0 saturated heterocycles. The van der Waals surface area contributed by atoms with Crippen LogP contribution in [0.5, 0.6) is 0 Å². The van der Waals surface area contributed by atoms with E-state index in [2.05, 4.69) is 19.2 Å². The van der Waals surface area contributed by atoms with Crippen molar-refractivity contribution < 1.29 is 4.79 Å². The maximum absolute atomic E-state index is 12.0. The van der Waals surface area contributed by atoms with Gasteiger partial charge < -0.3 is 16.8 Å². The molecule has 19 heavy (non-hydrogen) atoms. The first-order valence-corrected chi connectivity index (χ1v) is 7.78. The van der Waals surface area contributed by atoms with Gasteiger partial charge in [0.15, 0.2) is 0 Å². The predicted octanol–water partition coefficient (Wildman–Crippen LogP) is 1.77. The van der Waals surface area contributed by atoms with Gasteiger partial charge in [-0.25, -0.2) is 0 Å². The number of carbonyl (C=O) groups excluding carboxylic acids is 1. The highest BCUT2D eigenvalue weighted by Gasteiger charge is 2.20. The predicted molar refractivity (Wildman–Crippen MR) is 79.6 cm³/mol. The van der Waals surface area contributed by atoms with Gasteiger partial charge in [-0.3, -0.25) is 4.79 Å². The number of hydrogen-bond acceptors (Lipinski definition) is 3. The van der Waals surface area contributed by atoms with Gasteiger partial charge in [-0.15, -0.1) is 0 Å². The first-order valence-electron chi connectivity index (χ1n) is 7.78. The van der Waals surface area contributed by atoms with Crippen molar-refractivity contribution in [3.8, 4) is 0 Å². The number of hydrogen-bond donors (Lipinski definition) is 3. The van der Waals surface area contributed by atoms with Crippen molar-refractivity contribution >= 4 is 5.91 Å². The van der Waals surface area contributed by atoms with Gasteiger partial charge in [0.05, 0.1) is 0 Å². The molecule has 1 amide bonds. The standard InChI is InChI=1S/C15H31N3O/c1-11(2)12(9-10-16)3-8-15(19)18-14-6-4-13(17)5-7-14/h11-14H,3-10,16-17H2,1-2H3,(H,18,19). The van der Waals surface area contributed by atoms with E-state index in [0.29, 0.717) is 36.9 Å². The minimum atomic E-state index is 0.197. The summed E-state index contributed by atoms with van der Waals surface area (Å²) < 4.78 is 0. The normalized spacial score (nSPS) is 25.3. The Morgan fingerprint density at radius 2 is 1.84 bits per heavy atom. The van der Waals surface area contributed by atoms with Crippen LogP contribution >= 0.6 is 0 Å². The Balaban J connectivity index is 2.23. The zero-order valence-corrected chi connectivity index (χ0v) is 12.5. The maximum Gasteiger partial charge on any atom is 0.220 e.